The van der Waals surface area contributed by atoms with Crippen LogP contribution in [0, 0.1) is 5.92 Å². The predicted octanol–water partition coefficient (Wildman–Crippen LogP) is 3.55. The Morgan fingerprint density at radius 2 is 1.82 bits per heavy atom. The van der Waals surface area contributed by atoms with Crippen LogP contribution in [0.3, 0.4) is 0 Å². The zero-order chi connectivity index (χ0) is 15.5. The van der Waals surface area contributed by atoms with Gasteiger partial charge in [0.05, 0.1) is 6.61 Å². The lowest BCUT2D eigenvalue weighted by Gasteiger charge is -2.12. The Hall–Kier alpha value is -2.56. The molecule has 5 heteroatoms. The Balaban J connectivity index is 1.85. The minimum atomic E-state index is 0.0990. The summed E-state index contributed by atoms with van der Waals surface area (Å²) >= 11 is 0. The van der Waals surface area contributed by atoms with Gasteiger partial charge in [-0.05, 0) is 30.2 Å². The standard InChI is InChI=1S/C17H19N3O2/c1-3-12(2)11-22-13-8-9-16(17(21)10-13)20-18-14-6-4-5-7-15(14)19-20/h4-10,12,21H,3,11H2,1-2H3. The monoisotopic (exact) mass is 297 g/mol. The number of hydrogen-bond donors (Lipinski definition) is 1. The summed E-state index contributed by atoms with van der Waals surface area (Å²) < 4.78 is 5.68. The summed E-state index contributed by atoms with van der Waals surface area (Å²) in [4.78, 5) is 1.44. The number of phenolic OH excluding ortho intramolecular Hbond substituents is 1. The maximum Gasteiger partial charge on any atom is 0.146 e. The highest BCUT2D eigenvalue weighted by Crippen LogP contribution is 2.27. The highest BCUT2D eigenvalue weighted by Gasteiger charge is 2.10. The van der Waals surface area contributed by atoms with Crippen molar-refractivity contribution in [3.8, 4) is 17.2 Å². The third-order valence-electron chi connectivity index (χ3n) is 3.68. The molecule has 0 saturated carbocycles. The lowest BCUT2D eigenvalue weighted by molar-refractivity contribution is 0.255. The fraction of sp³-hybridized carbons (Fsp3) is 0.294. The molecule has 5 nitrogen and oxygen atoms in total. The molecule has 22 heavy (non-hydrogen) atoms. The van der Waals surface area contributed by atoms with Crippen molar-refractivity contribution < 1.29 is 9.84 Å². The largest absolute Gasteiger partial charge is 0.505 e. The molecule has 1 unspecified atom stereocenters. The van der Waals surface area contributed by atoms with Crippen LogP contribution in [0.1, 0.15) is 20.3 Å². The van der Waals surface area contributed by atoms with Gasteiger partial charge in [0.25, 0.3) is 0 Å². The molecule has 0 saturated heterocycles. The Morgan fingerprint density at radius 3 is 2.41 bits per heavy atom. The molecular weight excluding hydrogens is 278 g/mol. The SMILES string of the molecule is CCC(C)COc1ccc(-n2nc3ccccc3n2)c(O)c1. The molecule has 2 aromatic carbocycles. The van der Waals surface area contributed by atoms with Crippen LogP contribution in [-0.4, -0.2) is 26.7 Å². The van der Waals surface area contributed by atoms with Crippen molar-refractivity contribution in [3.63, 3.8) is 0 Å². The molecule has 1 atom stereocenters. The number of hydrogen-bond acceptors (Lipinski definition) is 4. The Morgan fingerprint density at radius 1 is 1.14 bits per heavy atom. The van der Waals surface area contributed by atoms with Gasteiger partial charge in [0, 0.05) is 6.07 Å². The fourth-order valence-electron chi connectivity index (χ4n) is 2.09. The number of ether oxygens (including phenoxy) is 1. The van der Waals surface area contributed by atoms with Crippen molar-refractivity contribution in [1.29, 1.82) is 0 Å². The van der Waals surface area contributed by atoms with E-state index in [-0.39, 0.29) is 5.75 Å². The quantitative estimate of drug-likeness (QED) is 0.782. The van der Waals surface area contributed by atoms with Crippen molar-refractivity contribution in [2.45, 2.75) is 20.3 Å². The number of benzene rings is 2. The van der Waals surface area contributed by atoms with Gasteiger partial charge in [0.15, 0.2) is 0 Å². The van der Waals surface area contributed by atoms with Gasteiger partial charge in [0.1, 0.15) is 28.2 Å². The Labute approximate surface area is 129 Å². The van der Waals surface area contributed by atoms with E-state index in [2.05, 4.69) is 24.0 Å². The predicted molar refractivity (Wildman–Crippen MR) is 85.5 cm³/mol. The normalized spacial score (nSPS) is 12.5. The smallest absolute Gasteiger partial charge is 0.146 e. The van der Waals surface area contributed by atoms with Gasteiger partial charge in [-0.3, -0.25) is 0 Å². The number of nitrogens with zero attached hydrogens (tertiary/aromatic N) is 3. The third kappa shape index (κ3) is 2.88. The average molecular weight is 297 g/mol. The summed E-state index contributed by atoms with van der Waals surface area (Å²) in [7, 11) is 0. The van der Waals surface area contributed by atoms with Crippen molar-refractivity contribution in [2.75, 3.05) is 6.61 Å². The molecule has 0 spiro atoms. The molecule has 0 aliphatic rings. The molecule has 0 bridgehead atoms. The van der Waals surface area contributed by atoms with Gasteiger partial charge in [-0.1, -0.05) is 32.4 Å². The van der Waals surface area contributed by atoms with E-state index >= 15 is 0 Å². The summed E-state index contributed by atoms with van der Waals surface area (Å²) in [5, 5.41) is 18.9. The highest BCUT2D eigenvalue weighted by atomic mass is 16.5. The molecule has 0 aliphatic heterocycles. The van der Waals surface area contributed by atoms with E-state index in [4.69, 9.17) is 4.74 Å². The van der Waals surface area contributed by atoms with Gasteiger partial charge >= 0.3 is 0 Å². The van der Waals surface area contributed by atoms with Crippen LogP contribution in [0.5, 0.6) is 11.5 Å². The van der Waals surface area contributed by atoms with E-state index in [0.29, 0.717) is 24.0 Å². The second kappa shape index (κ2) is 6.05. The molecule has 0 aliphatic carbocycles. The van der Waals surface area contributed by atoms with E-state index in [1.165, 1.54) is 4.80 Å². The van der Waals surface area contributed by atoms with Gasteiger partial charge in [-0.25, -0.2) is 0 Å². The van der Waals surface area contributed by atoms with Crippen LogP contribution in [0.15, 0.2) is 42.5 Å². The lowest BCUT2D eigenvalue weighted by Crippen LogP contribution is -2.07. The zero-order valence-corrected chi connectivity index (χ0v) is 12.7. The Bertz CT molecular complexity index is 749. The summed E-state index contributed by atoms with van der Waals surface area (Å²) in [5.41, 5.74) is 2.12. The fourth-order valence-corrected chi connectivity index (χ4v) is 2.09. The van der Waals surface area contributed by atoms with Crippen molar-refractivity contribution >= 4 is 11.0 Å². The first-order chi connectivity index (χ1) is 10.7. The molecule has 1 N–H and O–H groups in total. The highest BCUT2D eigenvalue weighted by molar-refractivity contribution is 5.73. The first-order valence-electron chi connectivity index (χ1n) is 7.45. The van der Waals surface area contributed by atoms with Crippen molar-refractivity contribution in [1.82, 2.24) is 15.0 Å². The van der Waals surface area contributed by atoms with Crippen LogP contribution in [0.4, 0.5) is 0 Å². The number of phenols is 1. The summed E-state index contributed by atoms with van der Waals surface area (Å²) in [6.07, 6.45) is 1.06. The first-order valence-corrected chi connectivity index (χ1v) is 7.45. The third-order valence-corrected chi connectivity index (χ3v) is 3.68. The number of fused-ring (bicyclic) bond motifs is 1. The minimum Gasteiger partial charge on any atom is -0.505 e. The van der Waals surface area contributed by atoms with Crippen LogP contribution in [0.25, 0.3) is 16.7 Å². The van der Waals surface area contributed by atoms with Crippen molar-refractivity contribution in [3.05, 3.63) is 42.5 Å². The molecule has 0 amide bonds. The van der Waals surface area contributed by atoms with Crippen LogP contribution >= 0.6 is 0 Å². The maximum atomic E-state index is 10.2. The van der Waals surface area contributed by atoms with E-state index in [9.17, 15) is 5.11 Å². The molecule has 114 valence electrons. The van der Waals surface area contributed by atoms with Gasteiger partial charge in [-0.2, -0.15) is 0 Å². The van der Waals surface area contributed by atoms with Crippen LogP contribution in [0.2, 0.25) is 0 Å². The van der Waals surface area contributed by atoms with Crippen LogP contribution < -0.4 is 4.74 Å². The summed E-state index contributed by atoms with van der Waals surface area (Å²) in [6.45, 7) is 4.90. The van der Waals surface area contributed by atoms with Gasteiger partial charge in [-0.15, -0.1) is 15.0 Å². The molecule has 1 heterocycles. The second-order valence-electron chi connectivity index (χ2n) is 5.45. The minimum absolute atomic E-state index is 0.0990. The second-order valence-corrected chi connectivity index (χ2v) is 5.45. The molecule has 3 aromatic rings. The molecule has 0 fully saturated rings. The van der Waals surface area contributed by atoms with Gasteiger partial charge in [0.2, 0.25) is 0 Å². The number of aromatic nitrogens is 3. The van der Waals surface area contributed by atoms with E-state index < -0.39 is 0 Å². The topological polar surface area (TPSA) is 60.2 Å². The summed E-state index contributed by atoms with van der Waals surface area (Å²) in [6, 6.07) is 12.8. The molecule has 0 radical (unpaired) electrons. The Kier molecular flexibility index (Phi) is 3.96. The first kappa shape index (κ1) is 14.4. The summed E-state index contributed by atoms with van der Waals surface area (Å²) in [5.74, 6) is 1.24. The molecule has 3 rings (SSSR count). The number of aromatic hydroxyl groups is 1. The van der Waals surface area contributed by atoms with E-state index in [0.717, 1.165) is 17.5 Å². The van der Waals surface area contributed by atoms with E-state index in [1.54, 1.807) is 12.1 Å². The maximum absolute atomic E-state index is 10.2. The van der Waals surface area contributed by atoms with Crippen LogP contribution in [-0.2, 0) is 0 Å². The number of rotatable bonds is 5. The molecule has 1 aromatic heterocycles. The average Bonchev–Trinajstić information content (AvgIpc) is 2.96. The zero-order valence-electron chi connectivity index (χ0n) is 12.7. The van der Waals surface area contributed by atoms with Gasteiger partial charge < -0.3 is 9.84 Å². The van der Waals surface area contributed by atoms with E-state index in [1.807, 2.05) is 30.3 Å². The lowest BCUT2D eigenvalue weighted by atomic mass is 10.1. The van der Waals surface area contributed by atoms with Crippen molar-refractivity contribution in [2.24, 2.45) is 5.92 Å². The molecular formula is C17H19N3O2.